The molecule has 0 radical (unpaired) electrons. The highest BCUT2D eigenvalue weighted by atomic mass is 16.5. The highest BCUT2D eigenvalue weighted by Crippen LogP contribution is 2.11. The van der Waals surface area contributed by atoms with Crippen LogP contribution in [-0.4, -0.2) is 24.1 Å². The average molecular weight is 224 g/mol. The number of ether oxygens (including phenoxy) is 1. The van der Waals surface area contributed by atoms with E-state index in [-0.39, 0.29) is 30.3 Å². The number of hydrogen-bond donors (Lipinski definition) is 0. The van der Waals surface area contributed by atoms with E-state index in [2.05, 4.69) is 0 Å². The van der Waals surface area contributed by atoms with Crippen LogP contribution in [0.1, 0.15) is 41.4 Å². The van der Waals surface area contributed by atoms with Gasteiger partial charge >= 0.3 is 5.97 Å². The lowest BCUT2D eigenvalue weighted by molar-refractivity contribution is -0.116. The van der Waals surface area contributed by atoms with Crippen molar-refractivity contribution < 1.29 is 23.5 Å². The Kier molecular flexibility index (Phi) is 3.99. The molecule has 16 heavy (non-hydrogen) atoms. The summed E-state index contributed by atoms with van der Waals surface area (Å²) in [4.78, 5) is 33.3. The molecule has 0 aliphatic heterocycles. The Labute approximate surface area is 92.4 Å². The smallest absolute Gasteiger partial charge is 0.374 e. The lowest BCUT2D eigenvalue weighted by Gasteiger charge is -1.97. The van der Waals surface area contributed by atoms with Gasteiger partial charge < -0.3 is 9.15 Å². The fourth-order valence-electron chi connectivity index (χ4n) is 1.11. The van der Waals surface area contributed by atoms with E-state index in [0.717, 1.165) is 0 Å². The summed E-state index contributed by atoms with van der Waals surface area (Å²) < 4.78 is 9.68. The Morgan fingerprint density at radius 3 is 2.44 bits per heavy atom. The van der Waals surface area contributed by atoms with E-state index in [1.54, 1.807) is 6.92 Å². The van der Waals surface area contributed by atoms with Gasteiger partial charge in [0.2, 0.25) is 11.5 Å². The molecule has 0 atom stereocenters. The second-order valence-corrected chi connectivity index (χ2v) is 3.19. The molecular weight excluding hydrogens is 212 g/mol. The molecule has 0 unspecified atom stereocenters. The average Bonchev–Trinajstić information content (AvgIpc) is 2.65. The van der Waals surface area contributed by atoms with Gasteiger partial charge in [0.1, 0.15) is 5.78 Å². The van der Waals surface area contributed by atoms with E-state index in [0.29, 0.717) is 0 Å². The van der Waals surface area contributed by atoms with Crippen molar-refractivity contribution in [2.24, 2.45) is 0 Å². The van der Waals surface area contributed by atoms with Crippen LogP contribution in [0.5, 0.6) is 0 Å². The number of Topliss-reactive ketones (excluding diaryl/α,β-unsaturated/α-hetero) is 2. The minimum absolute atomic E-state index is 0.00162. The van der Waals surface area contributed by atoms with Gasteiger partial charge in [0, 0.05) is 0 Å². The Balaban J connectivity index is 2.74. The molecule has 0 fully saturated rings. The van der Waals surface area contributed by atoms with Gasteiger partial charge in [-0.05, 0) is 26.0 Å². The first-order valence-electron chi connectivity index (χ1n) is 4.84. The van der Waals surface area contributed by atoms with E-state index >= 15 is 0 Å². The van der Waals surface area contributed by atoms with Crippen molar-refractivity contribution >= 4 is 17.5 Å². The van der Waals surface area contributed by atoms with Gasteiger partial charge in [0.15, 0.2) is 5.76 Å². The summed E-state index contributed by atoms with van der Waals surface area (Å²) in [5.74, 6) is -1.35. The lowest BCUT2D eigenvalue weighted by Crippen LogP contribution is -2.05. The molecule has 1 aromatic heterocycles. The summed E-state index contributed by atoms with van der Waals surface area (Å²) in [6, 6.07) is 2.71. The predicted molar refractivity (Wildman–Crippen MR) is 54.3 cm³/mol. The number of rotatable bonds is 5. The topological polar surface area (TPSA) is 73.6 Å². The number of esters is 1. The molecule has 0 N–H and O–H groups in total. The van der Waals surface area contributed by atoms with Gasteiger partial charge in [-0.3, -0.25) is 9.59 Å². The zero-order chi connectivity index (χ0) is 12.1. The second-order valence-electron chi connectivity index (χ2n) is 3.19. The lowest BCUT2D eigenvalue weighted by atomic mass is 10.2. The third kappa shape index (κ3) is 3.05. The molecule has 0 aliphatic carbocycles. The van der Waals surface area contributed by atoms with Crippen molar-refractivity contribution in [2.45, 2.75) is 20.3 Å². The molecule has 5 nitrogen and oxygen atoms in total. The first-order chi connectivity index (χ1) is 7.54. The van der Waals surface area contributed by atoms with Gasteiger partial charge in [0.05, 0.1) is 13.0 Å². The molecule has 86 valence electrons. The van der Waals surface area contributed by atoms with Crippen LogP contribution in [0.4, 0.5) is 0 Å². The third-order valence-corrected chi connectivity index (χ3v) is 1.77. The summed E-state index contributed by atoms with van der Waals surface area (Å²) in [7, 11) is 0. The maximum Gasteiger partial charge on any atom is 0.374 e. The standard InChI is InChI=1S/C11H12O5/c1-3-15-11(14)10-5-4-9(16-10)8(13)6-7(2)12/h4-5H,3,6H2,1-2H3. The molecule has 0 aromatic carbocycles. The van der Waals surface area contributed by atoms with Crippen LogP contribution in [0, 0.1) is 0 Å². The highest BCUT2D eigenvalue weighted by molar-refractivity contribution is 6.06. The zero-order valence-electron chi connectivity index (χ0n) is 9.11. The summed E-state index contributed by atoms with van der Waals surface area (Å²) in [6.07, 6.45) is -0.226. The van der Waals surface area contributed by atoms with Gasteiger partial charge in [-0.25, -0.2) is 4.79 Å². The number of ketones is 2. The zero-order valence-corrected chi connectivity index (χ0v) is 9.11. The van der Waals surface area contributed by atoms with Crippen LogP contribution in [-0.2, 0) is 9.53 Å². The second kappa shape index (κ2) is 5.25. The normalized spacial score (nSPS) is 9.88. The third-order valence-electron chi connectivity index (χ3n) is 1.77. The van der Waals surface area contributed by atoms with Crippen molar-refractivity contribution in [2.75, 3.05) is 6.61 Å². The number of furan rings is 1. The minimum atomic E-state index is -0.621. The predicted octanol–water partition coefficient (Wildman–Crippen LogP) is 1.62. The monoisotopic (exact) mass is 224 g/mol. The molecule has 0 aliphatic rings. The van der Waals surface area contributed by atoms with Crippen molar-refractivity contribution in [1.82, 2.24) is 0 Å². The molecule has 0 bridgehead atoms. The van der Waals surface area contributed by atoms with Crippen LogP contribution in [0.25, 0.3) is 0 Å². The molecule has 1 aromatic rings. The molecule has 0 saturated carbocycles. The Morgan fingerprint density at radius 2 is 1.88 bits per heavy atom. The fourth-order valence-corrected chi connectivity index (χ4v) is 1.11. The van der Waals surface area contributed by atoms with Crippen molar-refractivity contribution in [1.29, 1.82) is 0 Å². The number of carbonyl (C=O) groups is 3. The summed E-state index contributed by atoms with van der Waals surface area (Å²) in [6.45, 7) is 3.21. The number of hydrogen-bond acceptors (Lipinski definition) is 5. The van der Waals surface area contributed by atoms with Crippen molar-refractivity contribution in [3.63, 3.8) is 0 Å². The van der Waals surface area contributed by atoms with E-state index in [9.17, 15) is 14.4 Å². The summed E-state index contributed by atoms with van der Waals surface area (Å²) in [5.41, 5.74) is 0. The van der Waals surface area contributed by atoms with Crippen LogP contribution in [0.3, 0.4) is 0 Å². The minimum Gasteiger partial charge on any atom is -0.460 e. The fraction of sp³-hybridized carbons (Fsp3) is 0.364. The summed E-state index contributed by atoms with van der Waals surface area (Å²) >= 11 is 0. The maximum absolute atomic E-state index is 11.4. The van der Waals surface area contributed by atoms with Gasteiger partial charge in [-0.1, -0.05) is 0 Å². The molecule has 0 saturated heterocycles. The van der Waals surface area contributed by atoms with Crippen LogP contribution in [0.2, 0.25) is 0 Å². The van der Waals surface area contributed by atoms with E-state index in [4.69, 9.17) is 9.15 Å². The molecule has 0 spiro atoms. The first kappa shape index (κ1) is 12.2. The highest BCUT2D eigenvalue weighted by Gasteiger charge is 2.17. The maximum atomic E-state index is 11.4. The van der Waals surface area contributed by atoms with E-state index in [1.165, 1.54) is 19.1 Å². The van der Waals surface area contributed by atoms with Crippen LogP contribution >= 0.6 is 0 Å². The molecule has 1 heterocycles. The SMILES string of the molecule is CCOC(=O)c1ccc(C(=O)CC(C)=O)o1. The Bertz CT molecular complexity index is 416. The summed E-state index contributed by atoms with van der Waals surface area (Å²) in [5, 5.41) is 0. The van der Waals surface area contributed by atoms with Crippen molar-refractivity contribution in [3.05, 3.63) is 23.7 Å². The van der Waals surface area contributed by atoms with E-state index in [1.807, 2.05) is 0 Å². The van der Waals surface area contributed by atoms with E-state index < -0.39 is 11.8 Å². The molecular formula is C11H12O5. The number of carbonyl (C=O) groups excluding carboxylic acids is 3. The quantitative estimate of drug-likeness (QED) is 0.431. The molecule has 5 heteroatoms. The van der Waals surface area contributed by atoms with Crippen molar-refractivity contribution in [3.8, 4) is 0 Å². The Hall–Kier alpha value is -1.91. The van der Waals surface area contributed by atoms with Gasteiger partial charge in [0.25, 0.3) is 0 Å². The van der Waals surface area contributed by atoms with Crippen LogP contribution in [0.15, 0.2) is 16.5 Å². The molecule has 0 amide bonds. The largest absolute Gasteiger partial charge is 0.460 e. The molecule has 1 rings (SSSR count). The van der Waals surface area contributed by atoms with Gasteiger partial charge in [-0.15, -0.1) is 0 Å². The van der Waals surface area contributed by atoms with Crippen LogP contribution < -0.4 is 0 Å². The Morgan fingerprint density at radius 1 is 1.25 bits per heavy atom. The van der Waals surface area contributed by atoms with Gasteiger partial charge in [-0.2, -0.15) is 0 Å². The first-order valence-corrected chi connectivity index (χ1v) is 4.84.